The van der Waals surface area contributed by atoms with Crippen LogP contribution in [0, 0.1) is 5.92 Å². The molecular weight excluding hydrogens is 282 g/mol. The molecular formula is C17H33NO2S. The van der Waals surface area contributed by atoms with E-state index in [4.69, 9.17) is 4.74 Å². The van der Waals surface area contributed by atoms with E-state index in [0.29, 0.717) is 25.3 Å². The summed E-state index contributed by atoms with van der Waals surface area (Å²) < 4.78 is 5.88. The highest BCUT2D eigenvalue weighted by Crippen LogP contribution is 2.27. The molecule has 3 atom stereocenters. The number of hydrogen-bond acceptors (Lipinski definition) is 4. The lowest BCUT2D eigenvalue weighted by Crippen LogP contribution is -2.41. The number of ether oxygens (including phenoxy) is 1. The third-order valence-corrected chi connectivity index (χ3v) is 6.18. The van der Waals surface area contributed by atoms with Crippen LogP contribution < -0.4 is 5.32 Å². The van der Waals surface area contributed by atoms with Crippen molar-refractivity contribution in [2.45, 2.75) is 81.8 Å². The molecule has 2 saturated carbocycles. The molecule has 0 aromatic heterocycles. The molecule has 0 aliphatic heterocycles. The Morgan fingerprint density at radius 2 is 1.95 bits per heavy atom. The molecule has 2 rings (SSSR count). The second-order valence-corrected chi connectivity index (χ2v) is 8.14. The molecule has 2 N–H and O–H groups in total. The van der Waals surface area contributed by atoms with Crippen molar-refractivity contribution in [2.24, 2.45) is 5.92 Å². The van der Waals surface area contributed by atoms with E-state index in [1.807, 2.05) is 11.8 Å². The summed E-state index contributed by atoms with van der Waals surface area (Å²) in [5.41, 5.74) is 0. The summed E-state index contributed by atoms with van der Waals surface area (Å²) in [6.07, 6.45) is 12.3. The van der Waals surface area contributed by atoms with Crippen molar-refractivity contribution >= 4 is 11.8 Å². The van der Waals surface area contributed by atoms with Crippen molar-refractivity contribution in [1.29, 1.82) is 0 Å². The van der Waals surface area contributed by atoms with E-state index in [-0.39, 0.29) is 6.10 Å². The van der Waals surface area contributed by atoms with Gasteiger partial charge in [0.2, 0.25) is 0 Å². The number of nitrogens with one attached hydrogen (secondary N) is 1. The first-order valence-corrected chi connectivity index (χ1v) is 10.0. The van der Waals surface area contributed by atoms with Crippen LogP contribution in [0.3, 0.4) is 0 Å². The molecule has 0 amide bonds. The first-order valence-electron chi connectivity index (χ1n) is 8.73. The summed E-state index contributed by atoms with van der Waals surface area (Å²) >= 11 is 1.99. The Bertz CT molecular complexity index is 282. The second-order valence-electron chi connectivity index (χ2n) is 7.00. The minimum Gasteiger partial charge on any atom is -0.389 e. The lowest BCUT2D eigenvalue weighted by atomic mass is 9.89. The molecule has 3 nitrogen and oxygen atoms in total. The average molecular weight is 316 g/mol. The number of rotatable bonds is 7. The number of thioether (sulfide) groups is 1. The minimum atomic E-state index is -0.362. The molecule has 4 heteroatoms. The topological polar surface area (TPSA) is 41.5 Å². The third kappa shape index (κ3) is 6.47. The van der Waals surface area contributed by atoms with Gasteiger partial charge in [0.15, 0.2) is 0 Å². The molecule has 2 fully saturated rings. The minimum absolute atomic E-state index is 0.362. The summed E-state index contributed by atoms with van der Waals surface area (Å²) in [5.74, 6) is 0.854. The maximum Gasteiger partial charge on any atom is 0.0897 e. The summed E-state index contributed by atoms with van der Waals surface area (Å²) in [7, 11) is 0. The van der Waals surface area contributed by atoms with Crippen LogP contribution in [0.1, 0.15) is 58.3 Å². The highest BCUT2D eigenvalue weighted by molar-refractivity contribution is 7.99. The largest absolute Gasteiger partial charge is 0.389 e. The first-order chi connectivity index (χ1) is 10.2. The maximum absolute atomic E-state index is 10.1. The Kier molecular flexibility index (Phi) is 7.86. The number of aliphatic hydroxyl groups is 1. The molecule has 2 aliphatic carbocycles. The molecule has 0 heterocycles. The smallest absolute Gasteiger partial charge is 0.0897 e. The molecule has 0 spiro atoms. The van der Waals surface area contributed by atoms with Gasteiger partial charge >= 0.3 is 0 Å². The Hall–Kier alpha value is 0.230. The molecule has 124 valence electrons. The van der Waals surface area contributed by atoms with Crippen molar-refractivity contribution in [3.05, 3.63) is 0 Å². The number of aliphatic hydroxyl groups excluding tert-OH is 1. The molecule has 0 bridgehead atoms. The van der Waals surface area contributed by atoms with Crippen LogP contribution in [-0.4, -0.2) is 48.0 Å². The van der Waals surface area contributed by atoms with E-state index in [9.17, 15) is 5.11 Å². The van der Waals surface area contributed by atoms with Gasteiger partial charge in [-0.1, -0.05) is 13.3 Å². The van der Waals surface area contributed by atoms with Gasteiger partial charge in [0, 0.05) is 17.8 Å². The fraction of sp³-hybridized carbons (Fsp3) is 1.00. The van der Waals surface area contributed by atoms with Crippen LogP contribution in [-0.2, 0) is 4.74 Å². The Labute approximate surface area is 134 Å². The number of hydrogen-bond donors (Lipinski definition) is 2. The van der Waals surface area contributed by atoms with E-state index in [0.717, 1.165) is 11.2 Å². The van der Waals surface area contributed by atoms with Gasteiger partial charge < -0.3 is 15.2 Å². The van der Waals surface area contributed by atoms with Gasteiger partial charge in [0.25, 0.3) is 0 Å². The van der Waals surface area contributed by atoms with E-state index in [1.165, 1.54) is 51.4 Å². The summed E-state index contributed by atoms with van der Waals surface area (Å²) in [6, 6.07) is 0.585. The van der Waals surface area contributed by atoms with Gasteiger partial charge in [0.05, 0.1) is 18.8 Å². The van der Waals surface area contributed by atoms with Gasteiger partial charge in [-0.3, -0.25) is 0 Å². The van der Waals surface area contributed by atoms with E-state index in [2.05, 4.69) is 18.5 Å². The average Bonchev–Trinajstić information content (AvgIpc) is 2.52. The predicted molar refractivity (Wildman–Crippen MR) is 90.9 cm³/mol. The zero-order valence-electron chi connectivity index (χ0n) is 13.7. The molecule has 2 aliphatic rings. The highest BCUT2D eigenvalue weighted by Gasteiger charge is 2.22. The normalized spacial score (nSPS) is 35.6. The zero-order valence-corrected chi connectivity index (χ0v) is 14.5. The van der Waals surface area contributed by atoms with Crippen molar-refractivity contribution in [2.75, 3.05) is 19.4 Å². The quantitative estimate of drug-likeness (QED) is 0.757. The van der Waals surface area contributed by atoms with Crippen molar-refractivity contribution < 1.29 is 9.84 Å². The van der Waals surface area contributed by atoms with E-state index >= 15 is 0 Å². The predicted octanol–water partition coefficient (Wildman–Crippen LogP) is 3.21. The Balaban J connectivity index is 1.56. The summed E-state index contributed by atoms with van der Waals surface area (Å²) in [5, 5.41) is 14.4. The van der Waals surface area contributed by atoms with Crippen molar-refractivity contribution in [3.8, 4) is 0 Å². The SMILES string of the molecule is CSC1CCCC(NCC(O)COC2CCC(C)CC2)C1. The van der Waals surface area contributed by atoms with Crippen LogP contribution in [0.5, 0.6) is 0 Å². The van der Waals surface area contributed by atoms with Gasteiger partial charge in [-0.25, -0.2) is 0 Å². The summed E-state index contributed by atoms with van der Waals surface area (Å²) in [6.45, 7) is 3.49. The van der Waals surface area contributed by atoms with Crippen LogP contribution >= 0.6 is 11.8 Å². The molecule has 0 radical (unpaired) electrons. The Morgan fingerprint density at radius 3 is 2.67 bits per heavy atom. The highest BCUT2D eigenvalue weighted by atomic mass is 32.2. The fourth-order valence-electron chi connectivity index (χ4n) is 3.55. The lowest BCUT2D eigenvalue weighted by Gasteiger charge is -2.30. The molecule has 0 aromatic rings. The van der Waals surface area contributed by atoms with Crippen molar-refractivity contribution in [3.63, 3.8) is 0 Å². The maximum atomic E-state index is 10.1. The molecule has 0 aromatic carbocycles. The van der Waals surface area contributed by atoms with Crippen LogP contribution in [0.15, 0.2) is 0 Å². The van der Waals surface area contributed by atoms with E-state index < -0.39 is 0 Å². The Morgan fingerprint density at radius 1 is 1.19 bits per heavy atom. The van der Waals surface area contributed by atoms with Crippen LogP contribution in [0.25, 0.3) is 0 Å². The van der Waals surface area contributed by atoms with Crippen LogP contribution in [0.4, 0.5) is 0 Å². The molecule has 0 saturated heterocycles. The van der Waals surface area contributed by atoms with Gasteiger partial charge in [0.1, 0.15) is 0 Å². The van der Waals surface area contributed by atoms with E-state index in [1.54, 1.807) is 0 Å². The van der Waals surface area contributed by atoms with Crippen molar-refractivity contribution in [1.82, 2.24) is 5.32 Å². The van der Waals surface area contributed by atoms with Gasteiger partial charge in [-0.05, 0) is 57.1 Å². The molecule has 21 heavy (non-hydrogen) atoms. The third-order valence-electron chi connectivity index (χ3n) is 5.09. The van der Waals surface area contributed by atoms with Gasteiger partial charge in [-0.15, -0.1) is 0 Å². The van der Waals surface area contributed by atoms with Gasteiger partial charge in [-0.2, -0.15) is 11.8 Å². The lowest BCUT2D eigenvalue weighted by molar-refractivity contribution is -0.0286. The molecule has 3 unspecified atom stereocenters. The van der Waals surface area contributed by atoms with Crippen LogP contribution in [0.2, 0.25) is 0 Å². The fourth-order valence-corrected chi connectivity index (χ4v) is 4.38. The first kappa shape index (κ1) is 17.6. The monoisotopic (exact) mass is 315 g/mol. The zero-order chi connectivity index (χ0) is 15.1. The summed E-state index contributed by atoms with van der Waals surface area (Å²) in [4.78, 5) is 0. The standard InChI is InChI=1S/C17H33NO2S/c1-13-6-8-16(9-7-13)20-12-15(19)11-18-14-4-3-5-17(10-14)21-2/h13-19H,3-12H2,1-2H3. The second kappa shape index (κ2) is 9.39.